The molecule has 1 aliphatic carbocycles. The Hall–Kier alpha value is -1.56. The number of anilines is 1. The van der Waals surface area contributed by atoms with Gasteiger partial charge in [-0.05, 0) is 38.1 Å². The van der Waals surface area contributed by atoms with Crippen LogP contribution in [0.3, 0.4) is 0 Å². The number of aromatic nitrogens is 2. The average Bonchev–Trinajstić information content (AvgIpc) is 2.96. The lowest BCUT2D eigenvalue weighted by molar-refractivity contribution is 0.216. The molecule has 1 saturated carbocycles. The molecule has 2 aliphatic rings. The summed E-state index contributed by atoms with van der Waals surface area (Å²) in [5.74, 6) is 2.28. The van der Waals surface area contributed by atoms with Crippen molar-refractivity contribution < 1.29 is 4.79 Å². The van der Waals surface area contributed by atoms with E-state index >= 15 is 0 Å². The maximum absolute atomic E-state index is 12.2. The van der Waals surface area contributed by atoms with Crippen molar-refractivity contribution in [2.45, 2.75) is 19.3 Å². The number of amides is 2. The van der Waals surface area contributed by atoms with Crippen LogP contribution in [0.15, 0.2) is 12.3 Å². The van der Waals surface area contributed by atoms with E-state index in [1.807, 2.05) is 18.0 Å². The van der Waals surface area contributed by atoms with E-state index in [0.29, 0.717) is 5.92 Å². The van der Waals surface area contributed by atoms with Crippen molar-refractivity contribution in [1.82, 2.24) is 19.6 Å². The molecule has 6 heteroatoms. The predicted octanol–water partition coefficient (Wildman–Crippen LogP) is 1.62. The first-order chi connectivity index (χ1) is 10.1. The molecule has 2 fully saturated rings. The van der Waals surface area contributed by atoms with Gasteiger partial charge in [-0.15, -0.1) is 0 Å². The van der Waals surface area contributed by atoms with Gasteiger partial charge in [0.1, 0.15) is 5.82 Å². The van der Waals surface area contributed by atoms with Crippen LogP contribution in [0.25, 0.3) is 0 Å². The molecule has 1 aliphatic heterocycles. The first-order valence-corrected chi connectivity index (χ1v) is 7.84. The number of urea groups is 1. The molecule has 6 nitrogen and oxygen atoms in total. The number of nitrogens with one attached hydrogen (secondary N) is 1. The number of nitrogens with zero attached hydrogens (tertiary/aromatic N) is 4. The zero-order valence-corrected chi connectivity index (χ0v) is 13.0. The highest BCUT2D eigenvalue weighted by molar-refractivity contribution is 5.88. The maximum Gasteiger partial charge on any atom is 0.323 e. The Labute approximate surface area is 126 Å². The molecule has 2 amide bonds. The molecule has 1 unspecified atom stereocenters. The standard InChI is InChI=1S/C15H25N5O/c1-18(9-12-3-4-12)10-13-6-8-20(11-13)15(21)17-14-5-7-16-19(14)2/h5,7,12-13H,3-4,6,8-11H2,1-2H3,(H,17,21). The number of carbonyl (C=O) groups is 1. The summed E-state index contributed by atoms with van der Waals surface area (Å²) in [5.41, 5.74) is 0. The molecule has 0 bridgehead atoms. The normalized spacial score (nSPS) is 22.0. The summed E-state index contributed by atoms with van der Waals surface area (Å²) in [6.45, 7) is 4.04. The van der Waals surface area contributed by atoms with Crippen molar-refractivity contribution in [1.29, 1.82) is 0 Å². The minimum absolute atomic E-state index is 0.00838. The van der Waals surface area contributed by atoms with E-state index in [4.69, 9.17) is 0 Å². The zero-order valence-electron chi connectivity index (χ0n) is 13.0. The van der Waals surface area contributed by atoms with Crippen LogP contribution in [0.1, 0.15) is 19.3 Å². The molecule has 0 radical (unpaired) electrons. The quantitative estimate of drug-likeness (QED) is 0.897. The van der Waals surface area contributed by atoms with Gasteiger partial charge in [-0.25, -0.2) is 4.79 Å². The molecule has 116 valence electrons. The van der Waals surface area contributed by atoms with Crippen molar-refractivity contribution in [2.75, 3.05) is 38.5 Å². The van der Waals surface area contributed by atoms with Crippen molar-refractivity contribution in [3.63, 3.8) is 0 Å². The summed E-state index contributed by atoms with van der Waals surface area (Å²) in [6, 6.07) is 1.81. The second-order valence-corrected chi connectivity index (χ2v) is 6.54. The molecule has 1 N–H and O–H groups in total. The van der Waals surface area contributed by atoms with Crippen molar-refractivity contribution in [3.8, 4) is 0 Å². The molecule has 1 saturated heterocycles. The van der Waals surface area contributed by atoms with Gasteiger partial charge in [0, 0.05) is 39.3 Å². The van der Waals surface area contributed by atoms with Crippen molar-refractivity contribution >= 4 is 11.8 Å². The molecule has 2 heterocycles. The van der Waals surface area contributed by atoms with Crippen LogP contribution < -0.4 is 5.32 Å². The molecule has 21 heavy (non-hydrogen) atoms. The molecule has 0 spiro atoms. The third-order valence-corrected chi connectivity index (χ3v) is 4.47. The van der Waals surface area contributed by atoms with Gasteiger partial charge in [-0.1, -0.05) is 0 Å². The van der Waals surface area contributed by atoms with Crippen LogP contribution in [0.4, 0.5) is 10.6 Å². The fourth-order valence-electron chi connectivity index (χ4n) is 3.11. The Balaban J connectivity index is 1.45. The Morgan fingerprint density at radius 1 is 1.38 bits per heavy atom. The highest BCUT2D eigenvalue weighted by atomic mass is 16.2. The highest BCUT2D eigenvalue weighted by Crippen LogP contribution is 2.30. The molecule has 0 aromatic carbocycles. The topological polar surface area (TPSA) is 53.4 Å². The van der Waals surface area contributed by atoms with Gasteiger partial charge >= 0.3 is 6.03 Å². The number of carbonyl (C=O) groups excluding carboxylic acids is 1. The van der Waals surface area contributed by atoms with E-state index in [1.54, 1.807) is 10.9 Å². The van der Waals surface area contributed by atoms with E-state index in [9.17, 15) is 4.79 Å². The van der Waals surface area contributed by atoms with Gasteiger partial charge in [0.15, 0.2) is 0 Å². The zero-order chi connectivity index (χ0) is 14.8. The SMILES string of the molecule is CN(CC1CC1)CC1CCN(C(=O)Nc2ccnn2C)C1. The lowest BCUT2D eigenvalue weighted by Crippen LogP contribution is -2.35. The van der Waals surface area contributed by atoms with Gasteiger partial charge < -0.3 is 9.80 Å². The largest absolute Gasteiger partial charge is 0.324 e. The van der Waals surface area contributed by atoms with Crippen LogP contribution >= 0.6 is 0 Å². The third-order valence-electron chi connectivity index (χ3n) is 4.47. The van der Waals surface area contributed by atoms with E-state index in [0.717, 1.165) is 37.8 Å². The summed E-state index contributed by atoms with van der Waals surface area (Å²) in [4.78, 5) is 16.6. The highest BCUT2D eigenvalue weighted by Gasteiger charge is 2.29. The van der Waals surface area contributed by atoms with Crippen LogP contribution in [0, 0.1) is 11.8 Å². The summed E-state index contributed by atoms with van der Waals surface area (Å²) in [5, 5.41) is 6.98. The number of likely N-dealkylation sites (tertiary alicyclic amines) is 1. The van der Waals surface area contributed by atoms with E-state index in [1.165, 1.54) is 19.4 Å². The van der Waals surface area contributed by atoms with E-state index < -0.39 is 0 Å². The second kappa shape index (κ2) is 6.05. The lowest BCUT2D eigenvalue weighted by atomic mass is 10.1. The summed E-state index contributed by atoms with van der Waals surface area (Å²) < 4.78 is 1.68. The minimum atomic E-state index is -0.00838. The van der Waals surface area contributed by atoms with Gasteiger partial charge in [-0.3, -0.25) is 10.00 Å². The summed E-state index contributed by atoms with van der Waals surface area (Å²) in [7, 11) is 4.03. The number of rotatable bonds is 5. The third kappa shape index (κ3) is 3.75. The monoisotopic (exact) mass is 291 g/mol. The summed E-state index contributed by atoms with van der Waals surface area (Å²) in [6.07, 6.45) is 5.59. The first kappa shape index (κ1) is 14.4. The van der Waals surface area contributed by atoms with Crippen LogP contribution in [0.5, 0.6) is 0 Å². The van der Waals surface area contributed by atoms with E-state index in [-0.39, 0.29) is 6.03 Å². The van der Waals surface area contributed by atoms with Gasteiger partial charge in [0.2, 0.25) is 0 Å². The smallest absolute Gasteiger partial charge is 0.323 e. The molecular formula is C15H25N5O. The molecule has 1 atom stereocenters. The Bertz CT molecular complexity index is 496. The van der Waals surface area contributed by atoms with E-state index in [2.05, 4.69) is 22.4 Å². The number of hydrogen-bond donors (Lipinski definition) is 1. The first-order valence-electron chi connectivity index (χ1n) is 7.84. The molecule has 1 aromatic rings. The van der Waals surface area contributed by atoms with Crippen LogP contribution in [-0.4, -0.2) is 58.8 Å². The van der Waals surface area contributed by atoms with Crippen molar-refractivity contribution in [2.24, 2.45) is 18.9 Å². The number of aryl methyl sites for hydroxylation is 1. The Morgan fingerprint density at radius 3 is 2.81 bits per heavy atom. The fraction of sp³-hybridized carbons (Fsp3) is 0.733. The number of hydrogen-bond acceptors (Lipinski definition) is 3. The fourth-order valence-corrected chi connectivity index (χ4v) is 3.11. The minimum Gasteiger partial charge on any atom is -0.324 e. The van der Waals surface area contributed by atoms with Crippen LogP contribution in [-0.2, 0) is 7.05 Å². The summed E-state index contributed by atoms with van der Waals surface area (Å²) >= 11 is 0. The van der Waals surface area contributed by atoms with Crippen LogP contribution in [0.2, 0.25) is 0 Å². The van der Waals surface area contributed by atoms with Crippen molar-refractivity contribution in [3.05, 3.63) is 12.3 Å². The van der Waals surface area contributed by atoms with Gasteiger partial charge in [0.25, 0.3) is 0 Å². The molecule has 1 aromatic heterocycles. The van der Waals surface area contributed by atoms with Gasteiger partial charge in [-0.2, -0.15) is 5.10 Å². The average molecular weight is 291 g/mol. The van der Waals surface area contributed by atoms with Gasteiger partial charge in [0.05, 0.1) is 6.20 Å². The lowest BCUT2D eigenvalue weighted by Gasteiger charge is -2.21. The predicted molar refractivity (Wildman–Crippen MR) is 82.1 cm³/mol. The maximum atomic E-state index is 12.2. The molecular weight excluding hydrogens is 266 g/mol. The Morgan fingerprint density at radius 2 is 2.14 bits per heavy atom. The molecule has 3 rings (SSSR count). The Kier molecular flexibility index (Phi) is 4.14. The second-order valence-electron chi connectivity index (χ2n) is 6.54.